The molecule has 0 saturated carbocycles. The lowest BCUT2D eigenvalue weighted by Gasteiger charge is -2.36. The summed E-state index contributed by atoms with van der Waals surface area (Å²) < 4.78 is 5.21. The summed E-state index contributed by atoms with van der Waals surface area (Å²) in [5.41, 5.74) is 0.234. The van der Waals surface area contributed by atoms with Gasteiger partial charge in [0.05, 0.1) is 17.7 Å². The molecule has 0 spiro atoms. The third-order valence-corrected chi connectivity index (χ3v) is 4.71. The van der Waals surface area contributed by atoms with E-state index in [0.717, 1.165) is 19.5 Å². The van der Waals surface area contributed by atoms with Gasteiger partial charge < -0.3 is 4.74 Å². The van der Waals surface area contributed by atoms with Gasteiger partial charge in [-0.25, -0.2) is 0 Å². The van der Waals surface area contributed by atoms with Crippen LogP contribution in [0.4, 0.5) is 0 Å². The van der Waals surface area contributed by atoms with Crippen LogP contribution in [-0.2, 0) is 0 Å². The highest BCUT2D eigenvalue weighted by molar-refractivity contribution is 6.32. The largest absolute Gasteiger partial charge is 0.495 e. The number of ketones is 1. The summed E-state index contributed by atoms with van der Waals surface area (Å²) in [6.45, 7) is 6.12. The second-order valence-electron chi connectivity index (χ2n) is 5.50. The van der Waals surface area contributed by atoms with Gasteiger partial charge >= 0.3 is 0 Å². The SMILES string of the molecule is CCC(C)(C(=O)c1ccc(Cl)c(OC)c1)N1CCCC1. The summed E-state index contributed by atoms with van der Waals surface area (Å²) in [5, 5.41) is 0.531. The van der Waals surface area contributed by atoms with E-state index in [1.54, 1.807) is 25.3 Å². The first-order chi connectivity index (χ1) is 9.52. The molecular formula is C16H22ClNO2. The van der Waals surface area contributed by atoms with Crippen molar-refractivity contribution >= 4 is 17.4 Å². The van der Waals surface area contributed by atoms with Gasteiger partial charge in [0.15, 0.2) is 5.78 Å². The average molecular weight is 296 g/mol. The van der Waals surface area contributed by atoms with E-state index in [1.807, 2.05) is 6.92 Å². The van der Waals surface area contributed by atoms with Gasteiger partial charge in [0, 0.05) is 5.56 Å². The van der Waals surface area contributed by atoms with Gasteiger partial charge in [0.25, 0.3) is 0 Å². The second-order valence-corrected chi connectivity index (χ2v) is 5.91. The predicted molar refractivity (Wildman–Crippen MR) is 81.8 cm³/mol. The van der Waals surface area contributed by atoms with Gasteiger partial charge in [-0.3, -0.25) is 9.69 Å². The van der Waals surface area contributed by atoms with E-state index in [-0.39, 0.29) is 5.78 Å². The number of carbonyl (C=O) groups excluding carboxylic acids is 1. The molecule has 20 heavy (non-hydrogen) atoms. The number of benzene rings is 1. The molecule has 110 valence electrons. The topological polar surface area (TPSA) is 29.5 Å². The molecule has 0 bridgehead atoms. The Hall–Kier alpha value is -1.06. The molecule has 0 aliphatic carbocycles. The summed E-state index contributed by atoms with van der Waals surface area (Å²) in [6, 6.07) is 5.26. The Morgan fingerprint density at radius 1 is 1.40 bits per heavy atom. The van der Waals surface area contributed by atoms with Crippen LogP contribution in [0.1, 0.15) is 43.5 Å². The van der Waals surface area contributed by atoms with Crippen LogP contribution in [0.25, 0.3) is 0 Å². The summed E-state index contributed by atoms with van der Waals surface area (Å²) >= 11 is 6.03. The normalized spacial score (nSPS) is 18.8. The number of carbonyl (C=O) groups is 1. The number of rotatable bonds is 5. The predicted octanol–water partition coefficient (Wildman–Crippen LogP) is 3.80. The number of Topliss-reactive ketones (excluding diaryl/α,β-unsaturated/α-hetero) is 1. The van der Waals surface area contributed by atoms with E-state index in [0.29, 0.717) is 16.3 Å². The minimum atomic E-state index is -0.435. The Bertz CT molecular complexity index is 497. The van der Waals surface area contributed by atoms with E-state index in [4.69, 9.17) is 16.3 Å². The molecule has 0 amide bonds. The fraction of sp³-hybridized carbons (Fsp3) is 0.562. The number of hydrogen-bond donors (Lipinski definition) is 0. The van der Waals surface area contributed by atoms with Crippen LogP contribution >= 0.6 is 11.6 Å². The van der Waals surface area contributed by atoms with Crippen molar-refractivity contribution in [3.8, 4) is 5.75 Å². The molecule has 0 radical (unpaired) electrons. The third-order valence-electron chi connectivity index (χ3n) is 4.39. The molecule has 1 heterocycles. The van der Waals surface area contributed by atoms with Crippen molar-refractivity contribution in [3.63, 3.8) is 0 Å². The minimum Gasteiger partial charge on any atom is -0.495 e. The highest BCUT2D eigenvalue weighted by Gasteiger charge is 2.39. The zero-order valence-electron chi connectivity index (χ0n) is 12.4. The Morgan fingerprint density at radius 2 is 2.05 bits per heavy atom. The first kappa shape index (κ1) is 15.3. The molecule has 1 aromatic carbocycles. The minimum absolute atomic E-state index is 0.150. The number of nitrogens with zero attached hydrogens (tertiary/aromatic N) is 1. The fourth-order valence-corrected chi connectivity index (χ4v) is 3.05. The van der Waals surface area contributed by atoms with Gasteiger partial charge in [-0.1, -0.05) is 18.5 Å². The van der Waals surface area contributed by atoms with Crippen molar-refractivity contribution in [3.05, 3.63) is 28.8 Å². The van der Waals surface area contributed by atoms with Crippen molar-refractivity contribution in [2.75, 3.05) is 20.2 Å². The molecule has 1 saturated heterocycles. The first-order valence-electron chi connectivity index (χ1n) is 7.16. The number of methoxy groups -OCH3 is 1. The van der Waals surface area contributed by atoms with Crippen LogP contribution in [-0.4, -0.2) is 36.4 Å². The third kappa shape index (κ3) is 2.70. The summed E-state index contributed by atoms with van der Waals surface area (Å²) in [7, 11) is 1.56. The lowest BCUT2D eigenvalue weighted by atomic mass is 9.87. The van der Waals surface area contributed by atoms with Crippen molar-refractivity contribution in [1.29, 1.82) is 0 Å². The fourth-order valence-electron chi connectivity index (χ4n) is 2.85. The number of likely N-dealkylation sites (tertiary alicyclic amines) is 1. The molecule has 3 nitrogen and oxygen atoms in total. The smallest absolute Gasteiger partial charge is 0.182 e. The van der Waals surface area contributed by atoms with Gasteiger partial charge in [-0.15, -0.1) is 0 Å². The van der Waals surface area contributed by atoms with E-state index < -0.39 is 5.54 Å². The quantitative estimate of drug-likeness (QED) is 0.774. The van der Waals surface area contributed by atoms with Gasteiger partial charge in [0.1, 0.15) is 5.75 Å². The molecule has 1 atom stereocenters. The number of ether oxygens (including phenoxy) is 1. The molecule has 1 aromatic rings. The molecule has 1 unspecified atom stereocenters. The van der Waals surface area contributed by atoms with E-state index in [9.17, 15) is 4.79 Å². The van der Waals surface area contributed by atoms with E-state index in [1.165, 1.54) is 12.8 Å². The maximum Gasteiger partial charge on any atom is 0.182 e. The highest BCUT2D eigenvalue weighted by Crippen LogP contribution is 2.31. The maximum absolute atomic E-state index is 12.9. The zero-order valence-corrected chi connectivity index (χ0v) is 13.2. The maximum atomic E-state index is 12.9. The lowest BCUT2D eigenvalue weighted by molar-refractivity contribution is 0.0647. The van der Waals surface area contributed by atoms with Crippen LogP contribution in [0.5, 0.6) is 5.75 Å². The Kier molecular flexibility index (Phi) is 4.71. The van der Waals surface area contributed by atoms with Crippen molar-refractivity contribution < 1.29 is 9.53 Å². The average Bonchev–Trinajstić information content (AvgIpc) is 3.01. The van der Waals surface area contributed by atoms with Crippen LogP contribution in [0, 0.1) is 0 Å². The van der Waals surface area contributed by atoms with Crippen LogP contribution in [0.2, 0.25) is 5.02 Å². The van der Waals surface area contributed by atoms with Gasteiger partial charge in [-0.05, 0) is 57.5 Å². The molecule has 1 fully saturated rings. The highest BCUT2D eigenvalue weighted by atomic mass is 35.5. The summed E-state index contributed by atoms with van der Waals surface area (Å²) in [4.78, 5) is 15.2. The molecule has 1 aliphatic heterocycles. The van der Waals surface area contributed by atoms with Crippen LogP contribution in [0.15, 0.2) is 18.2 Å². The van der Waals surface area contributed by atoms with E-state index in [2.05, 4.69) is 11.8 Å². The number of hydrogen-bond acceptors (Lipinski definition) is 3. The van der Waals surface area contributed by atoms with Crippen molar-refractivity contribution in [2.24, 2.45) is 0 Å². The molecule has 4 heteroatoms. The number of halogens is 1. The molecule has 0 N–H and O–H groups in total. The second kappa shape index (κ2) is 6.15. The van der Waals surface area contributed by atoms with Gasteiger partial charge in [0.2, 0.25) is 0 Å². The standard InChI is InChI=1S/C16H22ClNO2/c1-4-16(2,18-9-5-6-10-18)15(19)12-7-8-13(17)14(11-12)20-3/h7-8,11H,4-6,9-10H2,1-3H3. The summed E-state index contributed by atoms with van der Waals surface area (Å²) in [6.07, 6.45) is 3.15. The molecule has 1 aliphatic rings. The van der Waals surface area contributed by atoms with Crippen molar-refractivity contribution in [2.45, 2.75) is 38.6 Å². The molecular weight excluding hydrogens is 274 g/mol. The zero-order chi connectivity index (χ0) is 14.8. The Morgan fingerprint density at radius 3 is 2.60 bits per heavy atom. The Balaban J connectivity index is 2.32. The first-order valence-corrected chi connectivity index (χ1v) is 7.54. The van der Waals surface area contributed by atoms with Crippen LogP contribution in [0.3, 0.4) is 0 Å². The molecule has 2 rings (SSSR count). The summed E-state index contributed by atoms with van der Waals surface area (Å²) in [5.74, 6) is 0.703. The lowest BCUT2D eigenvalue weighted by Crippen LogP contribution is -2.50. The Labute approximate surface area is 125 Å². The molecule has 0 aromatic heterocycles. The van der Waals surface area contributed by atoms with Gasteiger partial charge in [-0.2, -0.15) is 0 Å². The van der Waals surface area contributed by atoms with E-state index >= 15 is 0 Å². The monoisotopic (exact) mass is 295 g/mol. The van der Waals surface area contributed by atoms with Crippen LogP contribution < -0.4 is 4.74 Å². The van der Waals surface area contributed by atoms with Crippen molar-refractivity contribution in [1.82, 2.24) is 4.90 Å².